The number of benzene rings is 1. The van der Waals surface area contributed by atoms with Crippen LogP contribution in [-0.2, 0) is 12.7 Å². The van der Waals surface area contributed by atoms with Crippen molar-refractivity contribution < 1.29 is 23.1 Å². The number of aromatic nitrogens is 2. The minimum Gasteiger partial charge on any atom is -0.476 e. The van der Waals surface area contributed by atoms with Crippen LogP contribution in [0.15, 0.2) is 36.5 Å². The molecule has 4 nitrogen and oxygen atoms in total. The zero-order chi connectivity index (χ0) is 14.0. The first kappa shape index (κ1) is 13.1. The normalized spacial score (nSPS) is 11.5. The second-order valence-corrected chi connectivity index (χ2v) is 3.90. The first-order valence-electron chi connectivity index (χ1n) is 5.29. The van der Waals surface area contributed by atoms with E-state index in [9.17, 15) is 18.0 Å². The minimum absolute atomic E-state index is 0.105. The van der Waals surface area contributed by atoms with E-state index >= 15 is 0 Å². The van der Waals surface area contributed by atoms with Crippen molar-refractivity contribution in [2.75, 3.05) is 0 Å². The fraction of sp³-hybridized carbons (Fsp3) is 0.167. The molecule has 0 saturated carbocycles. The van der Waals surface area contributed by atoms with Gasteiger partial charge in [0.25, 0.3) is 0 Å². The van der Waals surface area contributed by atoms with Gasteiger partial charge in [-0.05, 0) is 23.8 Å². The van der Waals surface area contributed by atoms with Crippen LogP contribution in [0.3, 0.4) is 0 Å². The van der Waals surface area contributed by atoms with E-state index in [-0.39, 0.29) is 12.2 Å². The molecule has 0 unspecified atom stereocenters. The Kier molecular flexibility index (Phi) is 3.28. The van der Waals surface area contributed by atoms with Gasteiger partial charge < -0.3 is 5.11 Å². The molecule has 0 radical (unpaired) electrons. The molecule has 2 aromatic rings. The Hall–Kier alpha value is -2.31. The number of hydrogen-bond donors (Lipinski definition) is 1. The number of nitrogens with zero attached hydrogens (tertiary/aromatic N) is 2. The number of hydrogen-bond acceptors (Lipinski definition) is 2. The first-order chi connectivity index (χ1) is 8.86. The lowest BCUT2D eigenvalue weighted by Gasteiger charge is -2.07. The summed E-state index contributed by atoms with van der Waals surface area (Å²) in [6, 6.07) is 5.97. The minimum atomic E-state index is -4.36. The Morgan fingerprint density at radius 3 is 2.32 bits per heavy atom. The van der Waals surface area contributed by atoms with Crippen LogP contribution in [-0.4, -0.2) is 20.9 Å². The van der Waals surface area contributed by atoms with Crippen molar-refractivity contribution in [2.45, 2.75) is 12.7 Å². The molecule has 1 aromatic heterocycles. The average molecular weight is 270 g/mol. The van der Waals surface area contributed by atoms with Crippen molar-refractivity contribution in [3.8, 4) is 0 Å². The van der Waals surface area contributed by atoms with E-state index in [2.05, 4.69) is 5.10 Å². The Bertz CT molecular complexity index is 588. The molecule has 1 N–H and O–H groups in total. The van der Waals surface area contributed by atoms with E-state index in [0.29, 0.717) is 5.56 Å². The van der Waals surface area contributed by atoms with Gasteiger partial charge >= 0.3 is 12.1 Å². The summed E-state index contributed by atoms with van der Waals surface area (Å²) in [6.07, 6.45) is -2.90. The van der Waals surface area contributed by atoms with Gasteiger partial charge in [0.1, 0.15) is 0 Å². The van der Waals surface area contributed by atoms with Crippen LogP contribution < -0.4 is 0 Å². The summed E-state index contributed by atoms with van der Waals surface area (Å²) in [7, 11) is 0. The van der Waals surface area contributed by atoms with E-state index in [1.165, 1.54) is 29.1 Å². The molecule has 0 aliphatic carbocycles. The van der Waals surface area contributed by atoms with Crippen molar-refractivity contribution in [3.05, 3.63) is 53.3 Å². The lowest BCUT2D eigenvalue weighted by molar-refractivity contribution is -0.137. The summed E-state index contributed by atoms with van der Waals surface area (Å²) in [5, 5.41) is 12.5. The van der Waals surface area contributed by atoms with Gasteiger partial charge in [0.2, 0.25) is 0 Å². The molecule has 7 heteroatoms. The zero-order valence-corrected chi connectivity index (χ0v) is 9.55. The smallest absolute Gasteiger partial charge is 0.416 e. The molecule has 1 heterocycles. The summed E-state index contributed by atoms with van der Waals surface area (Å²) >= 11 is 0. The fourth-order valence-corrected chi connectivity index (χ4v) is 1.55. The van der Waals surface area contributed by atoms with Crippen molar-refractivity contribution in [2.24, 2.45) is 0 Å². The lowest BCUT2D eigenvalue weighted by atomic mass is 10.1. The van der Waals surface area contributed by atoms with E-state index in [1.54, 1.807) is 0 Å². The van der Waals surface area contributed by atoms with Gasteiger partial charge in [-0.3, -0.25) is 4.68 Å². The first-order valence-corrected chi connectivity index (χ1v) is 5.29. The average Bonchev–Trinajstić information content (AvgIpc) is 2.77. The molecule has 1 aromatic carbocycles. The van der Waals surface area contributed by atoms with E-state index < -0.39 is 17.7 Å². The van der Waals surface area contributed by atoms with Crippen LogP contribution in [0.1, 0.15) is 21.6 Å². The number of rotatable bonds is 3. The molecule has 0 fully saturated rings. The Labute approximate surface area is 106 Å². The van der Waals surface area contributed by atoms with Crippen molar-refractivity contribution in [3.63, 3.8) is 0 Å². The van der Waals surface area contributed by atoms with Crippen LogP contribution in [0.25, 0.3) is 0 Å². The maximum atomic E-state index is 12.4. The topological polar surface area (TPSA) is 55.1 Å². The molecule has 100 valence electrons. The van der Waals surface area contributed by atoms with E-state index in [1.807, 2.05) is 0 Å². The van der Waals surface area contributed by atoms with Crippen LogP contribution >= 0.6 is 0 Å². The summed E-state index contributed by atoms with van der Waals surface area (Å²) < 4.78 is 38.4. The van der Waals surface area contributed by atoms with Crippen LogP contribution in [0, 0.1) is 0 Å². The molecule has 0 bridgehead atoms. The molecule has 0 spiro atoms. The summed E-state index contributed by atoms with van der Waals surface area (Å²) in [5.41, 5.74) is -0.220. The van der Waals surface area contributed by atoms with Crippen molar-refractivity contribution in [1.82, 2.24) is 9.78 Å². The highest BCUT2D eigenvalue weighted by molar-refractivity contribution is 5.85. The predicted octanol–water partition coefficient (Wildman–Crippen LogP) is 2.65. The lowest BCUT2D eigenvalue weighted by Crippen LogP contribution is -2.06. The van der Waals surface area contributed by atoms with Gasteiger partial charge in [0.05, 0.1) is 12.1 Å². The Morgan fingerprint density at radius 2 is 1.84 bits per heavy atom. The molecule has 0 aliphatic heterocycles. The summed E-state index contributed by atoms with van der Waals surface area (Å²) in [4.78, 5) is 10.6. The molecule has 2 rings (SSSR count). The Balaban J connectivity index is 2.13. The Morgan fingerprint density at radius 1 is 1.21 bits per heavy atom. The number of carboxylic acid groups (broad SMARTS) is 1. The van der Waals surface area contributed by atoms with Gasteiger partial charge in [-0.2, -0.15) is 18.3 Å². The van der Waals surface area contributed by atoms with E-state index in [0.717, 1.165) is 12.1 Å². The number of carboxylic acids is 1. The maximum absolute atomic E-state index is 12.4. The standard InChI is InChI=1S/C12H9F3N2O2/c13-12(14,15)9-3-1-8(2-4-9)7-17-6-5-10(16-17)11(18)19/h1-6H,7H2,(H,18,19). The van der Waals surface area contributed by atoms with Crippen LogP contribution in [0.2, 0.25) is 0 Å². The number of carbonyl (C=O) groups is 1. The van der Waals surface area contributed by atoms with Gasteiger partial charge in [-0.15, -0.1) is 0 Å². The van der Waals surface area contributed by atoms with Crippen molar-refractivity contribution in [1.29, 1.82) is 0 Å². The third-order valence-electron chi connectivity index (χ3n) is 2.49. The van der Waals surface area contributed by atoms with Crippen molar-refractivity contribution >= 4 is 5.97 Å². The zero-order valence-electron chi connectivity index (χ0n) is 9.55. The molecule has 0 saturated heterocycles. The molecular formula is C12H9F3N2O2. The van der Waals surface area contributed by atoms with Crippen LogP contribution in [0.4, 0.5) is 13.2 Å². The third kappa shape index (κ3) is 3.12. The maximum Gasteiger partial charge on any atom is 0.416 e. The number of aromatic carboxylic acids is 1. The quantitative estimate of drug-likeness (QED) is 0.932. The fourth-order valence-electron chi connectivity index (χ4n) is 1.55. The highest BCUT2D eigenvalue weighted by Gasteiger charge is 2.29. The highest BCUT2D eigenvalue weighted by Crippen LogP contribution is 2.29. The van der Waals surface area contributed by atoms with Crippen LogP contribution in [0.5, 0.6) is 0 Å². The largest absolute Gasteiger partial charge is 0.476 e. The monoisotopic (exact) mass is 270 g/mol. The summed E-state index contributed by atoms with van der Waals surface area (Å²) in [6.45, 7) is 0.214. The van der Waals surface area contributed by atoms with Gasteiger partial charge in [0, 0.05) is 6.20 Å². The summed E-state index contributed by atoms with van der Waals surface area (Å²) in [5.74, 6) is -1.15. The highest BCUT2D eigenvalue weighted by atomic mass is 19.4. The third-order valence-corrected chi connectivity index (χ3v) is 2.49. The van der Waals surface area contributed by atoms with E-state index in [4.69, 9.17) is 5.11 Å². The second kappa shape index (κ2) is 4.75. The molecule has 0 atom stereocenters. The second-order valence-electron chi connectivity index (χ2n) is 3.90. The molecule has 0 aliphatic rings. The van der Waals surface area contributed by atoms with Gasteiger partial charge in [0.15, 0.2) is 5.69 Å². The number of halogens is 3. The SMILES string of the molecule is O=C(O)c1ccn(Cc2ccc(C(F)(F)F)cc2)n1. The van der Waals surface area contributed by atoms with Gasteiger partial charge in [-0.25, -0.2) is 4.79 Å². The molecule has 0 amide bonds. The predicted molar refractivity (Wildman–Crippen MR) is 59.7 cm³/mol. The molecular weight excluding hydrogens is 261 g/mol. The number of alkyl halides is 3. The molecule has 19 heavy (non-hydrogen) atoms. The van der Waals surface area contributed by atoms with Gasteiger partial charge in [-0.1, -0.05) is 12.1 Å².